The van der Waals surface area contributed by atoms with Gasteiger partial charge in [-0.25, -0.2) is 9.48 Å². The highest BCUT2D eigenvalue weighted by Crippen LogP contribution is 2.25. The first-order valence-corrected chi connectivity index (χ1v) is 6.57. The number of aromatic nitrogens is 2. The van der Waals surface area contributed by atoms with Gasteiger partial charge >= 0.3 is 5.97 Å². The van der Waals surface area contributed by atoms with Gasteiger partial charge in [0.2, 0.25) is 0 Å². The van der Waals surface area contributed by atoms with Crippen LogP contribution in [0.2, 0.25) is 0 Å². The number of carbonyl (C=O) groups excluding carboxylic acids is 1. The molecule has 5 nitrogen and oxygen atoms in total. The van der Waals surface area contributed by atoms with Crippen LogP contribution in [0.15, 0.2) is 41.1 Å². The van der Waals surface area contributed by atoms with Gasteiger partial charge in [0, 0.05) is 16.9 Å². The first kappa shape index (κ1) is 13.8. The average Bonchev–Trinajstić information content (AvgIpc) is 2.91. The number of hydrogen-bond donors (Lipinski definition) is 1. The summed E-state index contributed by atoms with van der Waals surface area (Å²) in [6.07, 6.45) is 2.21. The van der Waals surface area contributed by atoms with Gasteiger partial charge in [0.05, 0.1) is 12.3 Å². The number of aliphatic hydroxyl groups is 1. The summed E-state index contributed by atoms with van der Waals surface area (Å²) in [4.78, 5) is 11.5. The summed E-state index contributed by atoms with van der Waals surface area (Å²) in [5.41, 5.74) is 1.30. The number of aliphatic hydroxyl groups excluding tert-OH is 1. The van der Waals surface area contributed by atoms with Crippen LogP contribution < -0.4 is 0 Å². The monoisotopic (exact) mass is 324 g/mol. The van der Waals surface area contributed by atoms with E-state index in [1.165, 1.54) is 0 Å². The maximum atomic E-state index is 11.5. The average molecular weight is 325 g/mol. The van der Waals surface area contributed by atoms with Gasteiger partial charge in [0.15, 0.2) is 6.10 Å². The molecule has 1 aromatic heterocycles. The Kier molecular flexibility index (Phi) is 4.34. The lowest BCUT2D eigenvalue weighted by atomic mass is 10.1. The number of benzene rings is 1. The minimum absolute atomic E-state index is 0.239. The normalized spacial score (nSPS) is 12.2. The molecule has 2 rings (SSSR count). The molecule has 0 spiro atoms. The minimum Gasteiger partial charge on any atom is -0.464 e. The van der Waals surface area contributed by atoms with Gasteiger partial charge in [-0.2, -0.15) is 5.10 Å². The van der Waals surface area contributed by atoms with Crippen molar-refractivity contribution in [3.8, 4) is 5.69 Å². The number of hydrogen-bond acceptors (Lipinski definition) is 4. The van der Waals surface area contributed by atoms with Crippen LogP contribution in [0.4, 0.5) is 0 Å². The highest BCUT2D eigenvalue weighted by molar-refractivity contribution is 9.10. The SMILES string of the molecule is CCOC(=O)C(O)c1ccc(-n2cccn2)c(Br)c1. The summed E-state index contributed by atoms with van der Waals surface area (Å²) >= 11 is 3.40. The number of rotatable bonds is 4. The lowest BCUT2D eigenvalue weighted by Crippen LogP contribution is -2.15. The first-order chi connectivity index (χ1) is 9.13. The van der Waals surface area contributed by atoms with E-state index in [1.807, 2.05) is 12.3 Å². The van der Waals surface area contributed by atoms with Crippen LogP contribution in [-0.2, 0) is 9.53 Å². The molecule has 1 heterocycles. The Morgan fingerprint density at radius 3 is 2.95 bits per heavy atom. The summed E-state index contributed by atoms with van der Waals surface area (Å²) in [6.45, 7) is 1.93. The highest BCUT2D eigenvalue weighted by atomic mass is 79.9. The Morgan fingerprint density at radius 1 is 1.58 bits per heavy atom. The van der Waals surface area contributed by atoms with E-state index >= 15 is 0 Å². The van der Waals surface area contributed by atoms with Crippen LogP contribution in [0.3, 0.4) is 0 Å². The van der Waals surface area contributed by atoms with Crippen LogP contribution in [0, 0.1) is 0 Å². The van der Waals surface area contributed by atoms with Crippen molar-refractivity contribution in [2.45, 2.75) is 13.0 Å². The van der Waals surface area contributed by atoms with E-state index in [-0.39, 0.29) is 6.61 Å². The molecular formula is C13H13BrN2O3. The van der Waals surface area contributed by atoms with Crippen molar-refractivity contribution in [1.82, 2.24) is 9.78 Å². The predicted molar refractivity (Wildman–Crippen MR) is 72.9 cm³/mol. The zero-order valence-corrected chi connectivity index (χ0v) is 11.9. The standard InChI is InChI=1S/C13H13BrN2O3/c1-2-19-13(18)12(17)9-4-5-11(10(14)8-9)16-7-3-6-15-16/h3-8,12,17H,2H2,1H3. The molecule has 1 atom stereocenters. The van der Waals surface area contributed by atoms with Crippen molar-refractivity contribution < 1.29 is 14.6 Å². The maximum Gasteiger partial charge on any atom is 0.339 e. The fraction of sp³-hybridized carbons (Fsp3) is 0.231. The molecule has 0 aliphatic rings. The van der Waals surface area contributed by atoms with Crippen LogP contribution in [0.25, 0.3) is 5.69 Å². The third-order valence-electron chi connectivity index (χ3n) is 2.55. The molecule has 0 amide bonds. The fourth-order valence-corrected chi connectivity index (χ4v) is 2.23. The Morgan fingerprint density at radius 2 is 2.37 bits per heavy atom. The van der Waals surface area contributed by atoms with E-state index in [9.17, 15) is 9.90 Å². The third-order valence-corrected chi connectivity index (χ3v) is 3.18. The second-order valence-corrected chi connectivity index (χ2v) is 4.67. The van der Waals surface area contributed by atoms with Gasteiger partial charge in [0.1, 0.15) is 0 Å². The molecule has 0 saturated carbocycles. The van der Waals surface area contributed by atoms with Gasteiger partial charge in [-0.3, -0.25) is 0 Å². The summed E-state index contributed by atoms with van der Waals surface area (Å²) in [5, 5.41) is 14.0. The Bertz CT molecular complexity index is 569. The second kappa shape index (κ2) is 5.99. The van der Waals surface area contributed by atoms with Crippen molar-refractivity contribution in [3.05, 3.63) is 46.7 Å². The Labute approximate surface area is 118 Å². The van der Waals surface area contributed by atoms with Crippen molar-refractivity contribution in [3.63, 3.8) is 0 Å². The smallest absolute Gasteiger partial charge is 0.339 e. The molecular weight excluding hydrogens is 312 g/mol. The van der Waals surface area contributed by atoms with E-state index in [0.717, 1.165) is 10.2 Å². The summed E-state index contributed by atoms with van der Waals surface area (Å²) in [5.74, 6) is -0.652. The predicted octanol–water partition coefficient (Wildman–Crippen LogP) is 2.23. The first-order valence-electron chi connectivity index (χ1n) is 5.77. The van der Waals surface area contributed by atoms with Crippen molar-refractivity contribution in [1.29, 1.82) is 0 Å². The van der Waals surface area contributed by atoms with Crippen LogP contribution in [-0.4, -0.2) is 27.5 Å². The lowest BCUT2D eigenvalue weighted by molar-refractivity contribution is -0.153. The van der Waals surface area contributed by atoms with Crippen LogP contribution >= 0.6 is 15.9 Å². The van der Waals surface area contributed by atoms with Gasteiger partial charge in [-0.1, -0.05) is 6.07 Å². The van der Waals surface area contributed by atoms with E-state index < -0.39 is 12.1 Å². The zero-order valence-electron chi connectivity index (χ0n) is 10.3. The molecule has 2 aromatic rings. The molecule has 1 aromatic carbocycles. The molecule has 0 fully saturated rings. The summed E-state index contributed by atoms with van der Waals surface area (Å²) in [7, 11) is 0. The zero-order chi connectivity index (χ0) is 13.8. The minimum atomic E-state index is -1.28. The van der Waals surface area contributed by atoms with E-state index in [4.69, 9.17) is 4.74 Å². The number of esters is 1. The molecule has 19 heavy (non-hydrogen) atoms. The molecule has 0 aliphatic carbocycles. The molecule has 1 N–H and O–H groups in total. The molecule has 6 heteroatoms. The molecule has 0 saturated heterocycles. The molecule has 100 valence electrons. The number of halogens is 1. The van der Waals surface area contributed by atoms with Crippen molar-refractivity contribution in [2.75, 3.05) is 6.61 Å². The topological polar surface area (TPSA) is 64.3 Å². The van der Waals surface area contributed by atoms with E-state index in [2.05, 4.69) is 21.0 Å². The molecule has 1 unspecified atom stereocenters. The third kappa shape index (κ3) is 3.02. The summed E-state index contributed by atoms with van der Waals surface area (Å²) < 4.78 is 7.20. The van der Waals surface area contributed by atoms with Crippen LogP contribution in [0.5, 0.6) is 0 Å². The number of ether oxygens (including phenoxy) is 1. The molecule has 0 bridgehead atoms. The van der Waals surface area contributed by atoms with Gasteiger partial charge in [-0.15, -0.1) is 0 Å². The van der Waals surface area contributed by atoms with Crippen molar-refractivity contribution >= 4 is 21.9 Å². The van der Waals surface area contributed by atoms with Gasteiger partial charge in [-0.05, 0) is 46.6 Å². The summed E-state index contributed by atoms with van der Waals surface area (Å²) in [6, 6.07) is 6.94. The maximum absolute atomic E-state index is 11.5. The van der Waals surface area contributed by atoms with Crippen molar-refractivity contribution in [2.24, 2.45) is 0 Å². The van der Waals surface area contributed by atoms with E-state index in [0.29, 0.717) is 5.56 Å². The highest BCUT2D eigenvalue weighted by Gasteiger charge is 2.19. The largest absolute Gasteiger partial charge is 0.464 e. The fourth-order valence-electron chi connectivity index (χ4n) is 1.65. The van der Waals surface area contributed by atoms with E-state index in [1.54, 1.807) is 36.0 Å². The number of carbonyl (C=O) groups is 1. The quantitative estimate of drug-likeness (QED) is 0.876. The Hall–Kier alpha value is -1.66. The molecule has 0 radical (unpaired) electrons. The Balaban J connectivity index is 2.26. The van der Waals surface area contributed by atoms with Gasteiger partial charge in [0.25, 0.3) is 0 Å². The van der Waals surface area contributed by atoms with Crippen LogP contribution in [0.1, 0.15) is 18.6 Å². The number of nitrogens with zero attached hydrogens (tertiary/aromatic N) is 2. The molecule has 0 aliphatic heterocycles. The second-order valence-electron chi connectivity index (χ2n) is 3.82. The lowest BCUT2D eigenvalue weighted by Gasteiger charge is -2.12. The van der Waals surface area contributed by atoms with Gasteiger partial charge < -0.3 is 9.84 Å².